The average molecular weight is 411 g/mol. The van der Waals surface area contributed by atoms with Crippen LogP contribution in [-0.2, 0) is 0 Å². The van der Waals surface area contributed by atoms with Gasteiger partial charge in [-0.25, -0.2) is 4.98 Å². The molecule has 1 unspecified atom stereocenters. The minimum absolute atomic E-state index is 0.0388. The van der Waals surface area contributed by atoms with Gasteiger partial charge < -0.3 is 9.64 Å². The number of methoxy groups -OCH3 is 1. The van der Waals surface area contributed by atoms with Crippen molar-refractivity contribution in [3.8, 4) is 16.3 Å². The molecule has 1 aromatic heterocycles. The first-order valence-corrected chi connectivity index (χ1v) is 11.0. The summed E-state index contributed by atoms with van der Waals surface area (Å²) in [7, 11) is 1.65. The van der Waals surface area contributed by atoms with Crippen LogP contribution in [0.3, 0.4) is 0 Å². The molecule has 2 aromatic carbocycles. The average Bonchev–Trinajstić information content (AvgIpc) is 3.01. The minimum atomic E-state index is 0.0388. The van der Waals surface area contributed by atoms with Crippen molar-refractivity contribution in [3.05, 3.63) is 59.1 Å². The molecule has 1 aliphatic heterocycles. The number of fused-ring (bicyclic) bond motifs is 1. The number of para-hydroxylation sites is 1. The maximum Gasteiger partial charge on any atom is 0.270 e. The molecule has 0 bridgehead atoms. The zero-order valence-corrected chi connectivity index (χ0v) is 17.8. The maximum absolute atomic E-state index is 13.5. The lowest BCUT2D eigenvalue weighted by molar-refractivity contribution is 0.0989. The molecule has 4 nitrogen and oxygen atoms in total. The van der Waals surface area contributed by atoms with Gasteiger partial charge in [0.1, 0.15) is 15.6 Å². The number of carbonyl (C=O) groups excluding carboxylic acids is 1. The van der Waals surface area contributed by atoms with Crippen molar-refractivity contribution in [1.82, 2.24) is 4.98 Å². The second-order valence-electron chi connectivity index (χ2n) is 6.80. The number of rotatable bonds is 3. The number of thioether (sulfide) groups is 1. The number of anilines is 1. The number of amides is 1. The van der Waals surface area contributed by atoms with Crippen LogP contribution in [0.2, 0.25) is 0 Å². The van der Waals surface area contributed by atoms with Crippen LogP contribution < -0.4 is 9.64 Å². The number of hydrogen-bond acceptors (Lipinski definition) is 5. The summed E-state index contributed by atoms with van der Waals surface area (Å²) in [5.74, 6) is 0.845. The summed E-state index contributed by atoms with van der Waals surface area (Å²) in [6.45, 7) is 4.85. The Morgan fingerprint density at radius 1 is 1.18 bits per heavy atom. The Kier molecular flexibility index (Phi) is 5.42. The number of benzene rings is 2. The number of ether oxygens (including phenoxy) is 1. The van der Waals surface area contributed by atoms with Gasteiger partial charge in [0.15, 0.2) is 0 Å². The molecule has 28 heavy (non-hydrogen) atoms. The summed E-state index contributed by atoms with van der Waals surface area (Å²) >= 11 is 3.30. The fraction of sp³-hybridized carbons (Fsp3) is 0.273. The Morgan fingerprint density at radius 2 is 1.93 bits per heavy atom. The van der Waals surface area contributed by atoms with E-state index in [0.717, 1.165) is 40.7 Å². The fourth-order valence-electron chi connectivity index (χ4n) is 3.27. The van der Waals surface area contributed by atoms with E-state index in [9.17, 15) is 4.79 Å². The van der Waals surface area contributed by atoms with Crippen LogP contribution in [0.1, 0.15) is 28.7 Å². The Morgan fingerprint density at radius 3 is 2.68 bits per heavy atom. The van der Waals surface area contributed by atoms with Crippen molar-refractivity contribution >= 4 is 34.7 Å². The van der Waals surface area contributed by atoms with E-state index < -0.39 is 0 Å². The van der Waals surface area contributed by atoms with Crippen LogP contribution in [0.5, 0.6) is 5.75 Å². The van der Waals surface area contributed by atoms with Gasteiger partial charge in [0.2, 0.25) is 0 Å². The summed E-state index contributed by atoms with van der Waals surface area (Å²) < 4.78 is 5.23. The molecule has 1 atom stereocenters. The van der Waals surface area contributed by atoms with Crippen molar-refractivity contribution < 1.29 is 9.53 Å². The van der Waals surface area contributed by atoms with Crippen LogP contribution in [0, 0.1) is 6.92 Å². The highest BCUT2D eigenvalue weighted by Crippen LogP contribution is 2.39. The number of aryl methyl sites for hydroxylation is 1. The molecule has 0 fully saturated rings. The highest BCUT2D eigenvalue weighted by Gasteiger charge is 2.27. The molecule has 144 valence electrons. The first-order chi connectivity index (χ1) is 13.6. The van der Waals surface area contributed by atoms with Crippen LogP contribution in [0.15, 0.2) is 53.4 Å². The monoisotopic (exact) mass is 410 g/mol. The lowest BCUT2D eigenvalue weighted by Gasteiger charge is -2.22. The fourth-order valence-corrected chi connectivity index (χ4v) is 5.41. The molecule has 0 radical (unpaired) electrons. The smallest absolute Gasteiger partial charge is 0.270 e. The maximum atomic E-state index is 13.5. The largest absolute Gasteiger partial charge is 0.497 e. The quantitative estimate of drug-likeness (QED) is 0.559. The molecular formula is C22H22N2O2S2. The zero-order chi connectivity index (χ0) is 19.7. The van der Waals surface area contributed by atoms with E-state index in [4.69, 9.17) is 4.74 Å². The number of hydrogen-bond donors (Lipinski definition) is 0. The molecule has 4 rings (SSSR count). The molecule has 0 N–H and O–H groups in total. The minimum Gasteiger partial charge on any atom is -0.497 e. The van der Waals surface area contributed by atoms with E-state index in [1.54, 1.807) is 7.11 Å². The van der Waals surface area contributed by atoms with Crippen LogP contribution >= 0.6 is 23.1 Å². The van der Waals surface area contributed by atoms with Gasteiger partial charge in [0.05, 0.1) is 18.5 Å². The third kappa shape index (κ3) is 3.66. The van der Waals surface area contributed by atoms with Gasteiger partial charge in [-0.15, -0.1) is 23.1 Å². The Balaban J connectivity index is 1.68. The SMILES string of the molecule is COc1ccc(-c2nc(C)c(C(=O)N3CCC(C)Sc4ccccc43)s2)cc1. The summed E-state index contributed by atoms with van der Waals surface area (Å²) in [5, 5.41) is 1.34. The number of aromatic nitrogens is 1. The summed E-state index contributed by atoms with van der Waals surface area (Å²) in [6.07, 6.45) is 0.967. The molecule has 0 aliphatic carbocycles. The molecule has 0 saturated heterocycles. The Labute approximate surface area is 173 Å². The van der Waals surface area contributed by atoms with Gasteiger partial charge in [-0.1, -0.05) is 19.1 Å². The van der Waals surface area contributed by atoms with Crippen molar-refractivity contribution in [2.24, 2.45) is 0 Å². The second kappa shape index (κ2) is 7.97. The van der Waals surface area contributed by atoms with E-state index in [0.29, 0.717) is 10.1 Å². The topological polar surface area (TPSA) is 42.4 Å². The number of thiazole rings is 1. The summed E-state index contributed by atoms with van der Waals surface area (Å²) in [4.78, 5) is 21.9. The number of carbonyl (C=O) groups is 1. The second-order valence-corrected chi connectivity index (χ2v) is 9.28. The molecule has 1 amide bonds. The molecule has 0 spiro atoms. The third-order valence-corrected chi connectivity index (χ3v) is 7.25. The van der Waals surface area contributed by atoms with Crippen molar-refractivity contribution in [2.75, 3.05) is 18.6 Å². The van der Waals surface area contributed by atoms with E-state index in [1.807, 2.05) is 66.1 Å². The van der Waals surface area contributed by atoms with Gasteiger partial charge in [0.25, 0.3) is 5.91 Å². The van der Waals surface area contributed by atoms with Crippen LogP contribution in [0.4, 0.5) is 5.69 Å². The highest BCUT2D eigenvalue weighted by molar-refractivity contribution is 8.00. The summed E-state index contributed by atoms with van der Waals surface area (Å²) in [5.41, 5.74) is 2.78. The molecule has 3 aromatic rings. The van der Waals surface area contributed by atoms with E-state index in [1.165, 1.54) is 16.2 Å². The van der Waals surface area contributed by atoms with E-state index in [-0.39, 0.29) is 5.91 Å². The first kappa shape index (κ1) is 19.0. The van der Waals surface area contributed by atoms with Crippen molar-refractivity contribution in [3.63, 3.8) is 0 Å². The molecule has 6 heteroatoms. The normalized spacial score (nSPS) is 16.4. The van der Waals surface area contributed by atoms with Crippen molar-refractivity contribution in [2.45, 2.75) is 30.4 Å². The molecule has 0 saturated carbocycles. The Bertz CT molecular complexity index is 998. The van der Waals surface area contributed by atoms with Gasteiger partial charge in [0, 0.05) is 22.3 Å². The first-order valence-electron chi connectivity index (χ1n) is 9.26. The summed E-state index contributed by atoms with van der Waals surface area (Å²) in [6, 6.07) is 16.0. The standard InChI is InChI=1S/C22H22N2O2S2/c1-14-12-13-24(18-6-4-5-7-19(18)27-14)22(25)20-15(2)23-21(28-20)16-8-10-17(26-3)11-9-16/h4-11,14H,12-13H2,1-3H3. The van der Waals surface area contributed by atoms with Gasteiger partial charge in [-0.3, -0.25) is 4.79 Å². The van der Waals surface area contributed by atoms with Crippen LogP contribution in [-0.4, -0.2) is 29.8 Å². The number of nitrogens with zero attached hydrogens (tertiary/aromatic N) is 2. The predicted molar refractivity (Wildman–Crippen MR) is 117 cm³/mol. The molecular weight excluding hydrogens is 388 g/mol. The van der Waals surface area contributed by atoms with Gasteiger partial charge in [-0.2, -0.15) is 0 Å². The molecule has 1 aliphatic rings. The van der Waals surface area contributed by atoms with E-state index >= 15 is 0 Å². The lowest BCUT2D eigenvalue weighted by Crippen LogP contribution is -2.32. The third-order valence-electron chi connectivity index (χ3n) is 4.82. The van der Waals surface area contributed by atoms with Gasteiger partial charge in [-0.05, 0) is 49.7 Å². The van der Waals surface area contributed by atoms with E-state index in [2.05, 4.69) is 18.0 Å². The van der Waals surface area contributed by atoms with Crippen LogP contribution in [0.25, 0.3) is 10.6 Å². The molecule has 2 heterocycles. The van der Waals surface area contributed by atoms with Gasteiger partial charge >= 0.3 is 0 Å². The van der Waals surface area contributed by atoms with Crippen molar-refractivity contribution in [1.29, 1.82) is 0 Å². The Hall–Kier alpha value is -2.31. The predicted octanol–water partition coefficient (Wildman–Crippen LogP) is 5.66. The lowest BCUT2D eigenvalue weighted by atomic mass is 10.2. The zero-order valence-electron chi connectivity index (χ0n) is 16.1. The highest BCUT2D eigenvalue weighted by atomic mass is 32.2.